The number of alkyl halides is 2. The molecule has 1 rings (SSSR count). The van der Waals surface area contributed by atoms with Crippen LogP contribution in [0.2, 0.25) is 0 Å². The summed E-state index contributed by atoms with van der Waals surface area (Å²) in [5.74, 6) is 0.679. The number of rotatable bonds is 3. The van der Waals surface area contributed by atoms with Crippen LogP contribution in [0.1, 0.15) is 13.3 Å². The molecule has 10 heavy (non-hydrogen) atoms. The van der Waals surface area contributed by atoms with Crippen molar-refractivity contribution in [2.75, 3.05) is 19.6 Å². The summed E-state index contributed by atoms with van der Waals surface area (Å²) in [4.78, 5) is 1.80. The van der Waals surface area contributed by atoms with Crippen molar-refractivity contribution in [2.24, 2.45) is 5.92 Å². The summed E-state index contributed by atoms with van der Waals surface area (Å²) in [7, 11) is 0. The monoisotopic (exact) mass is 149 g/mol. The van der Waals surface area contributed by atoms with Crippen molar-refractivity contribution in [2.45, 2.75) is 19.8 Å². The van der Waals surface area contributed by atoms with Gasteiger partial charge in [0.05, 0.1) is 6.54 Å². The van der Waals surface area contributed by atoms with Gasteiger partial charge in [-0.25, -0.2) is 8.78 Å². The summed E-state index contributed by atoms with van der Waals surface area (Å²) in [5.41, 5.74) is 0. The Morgan fingerprint density at radius 1 is 1.50 bits per heavy atom. The first kappa shape index (κ1) is 7.92. The van der Waals surface area contributed by atoms with Gasteiger partial charge in [0.1, 0.15) is 0 Å². The van der Waals surface area contributed by atoms with Gasteiger partial charge < -0.3 is 0 Å². The minimum Gasteiger partial charge on any atom is -0.297 e. The minimum absolute atomic E-state index is 0.0312. The van der Waals surface area contributed by atoms with Crippen molar-refractivity contribution in [3.63, 3.8) is 0 Å². The van der Waals surface area contributed by atoms with Gasteiger partial charge in [0.25, 0.3) is 6.43 Å². The quantitative estimate of drug-likeness (QED) is 0.589. The van der Waals surface area contributed by atoms with Crippen LogP contribution in [-0.2, 0) is 0 Å². The second kappa shape index (κ2) is 3.28. The van der Waals surface area contributed by atoms with Gasteiger partial charge in [-0.2, -0.15) is 0 Å². The molecule has 0 bridgehead atoms. The second-order valence-electron chi connectivity index (χ2n) is 2.88. The van der Waals surface area contributed by atoms with Crippen LogP contribution in [0.4, 0.5) is 8.78 Å². The predicted octanol–water partition coefficient (Wildman–Crippen LogP) is 1.59. The van der Waals surface area contributed by atoms with E-state index in [2.05, 4.69) is 6.92 Å². The lowest BCUT2D eigenvalue weighted by Crippen LogP contribution is -2.48. The van der Waals surface area contributed by atoms with E-state index in [4.69, 9.17) is 0 Å². The highest BCUT2D eigenvalue weighted by Gasteiger charge is 2.26. The van der Waals surface area contributed by atoms with Gasteiger partial charge in [-0.1, -0.05) is 13.3 Å². The van der Waals surface area contributed by atoms with Crippen molar-refractivity contribution in [3.8, 4) is 0 Å². The van der Waals surface area contributed by atoms with Crippen LogP contribution in [0.15, 0.2) is 0 Å². The third-order valence-electron chi connectivity index (χ3n) is 2.01. The first-order valence-electron chi connectivity index (χ1n) is 3.73. The van der Waals surface area contributed by atoms with E-state index in [1.165, 1.54) is 0 Å². The van der Waals surface area contributed by atoms with Gasteiger partial charge in [-0.3, -0.25) is 4.90 Å². The fourth-order valence-corrected chi connectivity index (χ4v) is 1.28. The number of hydrogen-bond donors (Lipinski definition) is 0. The van der Waals surface area contributed by atoms with E-state index in [1.807, 2.05) is 0 Å². The van der Waals surface area contributed by atoms with Gasteiger partial charge in [-0.05, 0) is 5.92 Å². The Morgan fingerprint density at radius 3 is 2.50 bits per heavy atom. The molecule has 0 aromatic carbocycles. The SMILES string of the molecule is CCC1CN(CC(F)F)C1. The number of hydrogen-bond acceptors (Lipinski definition) is 1. The van der Waals surface area contributed by atoms with E-state index >= 15 is 0 Å². The Labute approximate surface area is 60.0 Å². The average molecular weight is 149 g/mol. The minimum atomic E-state index is -2.15. The summed E-state index contributed by atoms with van der Waals surface area (Å²) in [6.45, 7) is 3.82. The largest absolute Gasteiger partial charge is 0.297 e. The van der Waals surface area contributed by atoms with Gasteiger partial charge in [0.2, 0.25) is 0 Å². The van der Waals surface area contributed by atoms with E-state index in [0.29, 0.717) is 5.92 Å². The zero-order valence-electron chi connectivity index (χ0n) is 6.19. The zero-order chi connectivity index (χ0) is 7.56. The average Bonchev–Trinajstić information content (AvgIpc) is 1.76. The molecular formula is C7H13F2N. The highest BCUT2D eigenvalue weighted by Crippen LogP contribution is 2.18. The molecule has 1 fully saturated rings. The molecule has 1 heterocycles. The predicted molar refractivity (Wildman–Crippen MR) is 36.2 cm³/mol. The lowest BCUT2D eigenvalue weighted by Gasteiger charge is -2.38. The second-order valence-corrected chi connectivity index (χ2v) is 2.88. The standard InChI is InChI=1S/C7H13F2N/c1-2-6-3-10(4-6)5-7(8)9/h6-7H,2-5H2,1H3. The Balaban J connectivity index is 2.03. The van der Waals surface area contributed by atoms with Crippen molar-refractivity contribution in [1.29, 1.82) is 0 Å². The lowest BCUT2D eigenvalue weighted by atomic mass is 9.98. The Morgan fingerprint density at radius 2 is 2.10 bits per heavy atom. The molecular weight excluding hydrogens is 136 g/mol. The van der Waals surface area contributed by atoms with Crippen molar-refractivity contribution in [1.82, 2.24) is 4.90 Å². The fraction of sp³-hybridized carbons (Fsp3) is 1.00. The maximum atomic E-state index is 11.7. The lowest BCUT2D eigenvalue weighted by molar-refractivity contribution is 0.0241. The maximum absolute atomic E-state index is 11.7. The molecule has 1 aliphatic rings. The summed E-state index contributed by atoms with van der Waals surface area (Å²) in [6.07, 6.45) is -1.03. The molecule has 0 spiro atoms. The normalized spacial score (nSPS) is 21.6. The maximum Gasteiger partial charge on any atom is 0.251 e. The van der Waals surface area contributed by atoms with Crippen molar-refractivity contribution < 1.29 is 8.78 Å². The summed E-state index contributed by atoms with van der Waals surface area (Å²) in [6, 6.07) is 0. The van der Waals surface area contributed by atoms with E-state index < -0.39 is 6.43 Å². The highest BCUT2D eigenvalue weighted by molar-refractivity contribution is 4.78. The van der Waals surface area contributed by atoms with Crippen LogP contribution in [0.5, 0.6) is 0 Å². The Hall–Kier alpha value is -0.180. The molecule has 0 amide bonds. The smallest absolute Gasteiger partial charge is 0.251 e. The molecule has 1 aliphatic heterocycles. The molecule has 0 radical (unpaired) electrons. The summed E-state index contributed by atoms with van der Waals surface area (Å²) >= 11 is 0. The molecule has 0 aliphatic carbocycles. The molecule has 0 unspecified atom stereocenters. The van der Waals surface area contributed by atoms with Crippen molar-refractivity contribution >= 4 is 0 Å². The Bertz CT molecular complexity index is 99.8. The molecule has 3 heteroatoms. The van der Waals surface area contributed by atoms with Crippen LogP contribution < -0.4 is 0 Å². The number of halogens is 2. The van der Waals surface area contributed by atoms with E-state index in [0.717, 1.165) is 19.5 Å². The third-order valence-corrected chi connectivity index (χ3v) is 2.01. The highest BCUT2D eigenvalue weighted by atomic mass is 19.3. The van der Waals surface area contributed by atoms with Crippen LogP contribution in [0.3, 0.4) is 0 Å². The zero-order valence-corrected chi connectivity index (χ0v) is 6.19. The van der Waals surface area contributed by atoms with E-state index in [-0.39, 0.29) is 6.54 Å². The first-order valence-corrected chi connectivity index (χ1v) is 3.73. The topological polar surface area (TPSA) is 3.24 Å². The van der Waals surface area contributed by atoms with E-state index in [9.17, 15) is 8.78 Å². The van der Waals surface area contributed by atoms with Gasteiger partial charge in [0, 0.05) is 13.1 Å². The third kappa shape index (κ3) is 1.90. The van der Waals surface area contributed by atoms with Crippen LogP contribution in [0, 0.1) is 5.92 Å². The Kier molecular flexibility index (Phi) is 2.60. The van der Waals surface area contributed by atoms with E-state index in [1.54, 1.807) is 4.90 Å². The van der Waals surface area contributed by atoms with Gasteiger partial charge in [-0.15, -0.1) is 0 Å². The molecule has 0 aromatic heterocycles. The van der Waals surface area contributed by atoms with Gasteiger partial charge >= 0.3 is 0 Å². The fourth-order valence-electron chi connectivity index (χ4n) is 1.28. The van der Waals surface area contributed by atoms with Crippen LogP contribution >= 0.6 is 0 Å². The van der Waals surface area contributed by atoms with Gasteiger partial charge in [0.15, 0.2) is 0 Å². The molecule has 1 nitrogen and oxygen atoms in total. The molecule has 0 N–H and O–H groups in total. The molecule has 0 atom stereocenters. The first-order chi connectivity index (χ1) is 4.72. The number of likely N-dealkylation sites (tertiary alicyclic amines) is 1. The summed E-state index contributed by atoms with van der Waals surface area (Å²) in [5, 5.41) is 0. The molecule has 0 saturated carbocycles. The van der Waals surface area contributed by atoms with Crippen LogP contribution in [0.25, 0.3) is 0 Å². The molecule has 60 valence electrons. The van der Waals surface area contributed by atoms with Crippen LogP contribution in [-0.4, -0.2) is 31.0 Å². The summed E-state index contributed by atoms with van der Waals surface area (Å²) < 4.78 is 23.4. The molecule has 1 saturated heterocycles. The molecule has 0 aromatic rings. The number of nitrogens with zero attached hydrogens (tertiary/aromatic N) is 1. The van der Waals surface area contributed by atoms with Crippen molar-refractivity contribution in [3.05, 3.63) is 0 Å².